The predicted octanol–water partition coefficient (Wildman–Crippen LogP) is 2.80. The van der Waals surface area contributed by atoms with E-state index in [0.29, 0.717) is 12.2 Å². The Morgan fingerprint density at radius 2 is 2.00 bits per heavy atom. The van der Waals surface area contributed by atoms with Crippen LogP contribution in [-0.2, 0) is 4.74 Å². The van der Waals surface area contributed by atoms with Crippen molar-refractivity contribution in [2.45, 2.75) is 6.10 Å². The molecule has 1 aliphatic heterocycles. The first-order valence-corrected chi connectivity index (χ1v) is 4.24. The van der Waals surface area contributed by atoms with Gasteiger partial charge in [-0.05, 0) is 22.0 Å². The van der Waals surface area contributed by atoms with Gasteiger partial charge in [0.25, 0.3) is 0 Å². The number of halogens is 3. The van der Waals surface area contributed by atoms with Crippen LogP contribution < -0.4 is 0 Å². The quantitative estimate of drug-likeness (QED) is 0.538. The summed E-state index contributed by atoms with van der Waals surface area (Å²) in [5, 5.41) is 0. The zero-order valence-electron chi connectivity index (χ0n) is 5.98. The smallest absolute Gasteiger partial charge is 0.140 e. The summed E-state index contributed by atoms with van der Waals surface area (Å²) in [5.74, 6) is -1.13. The summed E-state index contributed by atoms with van der Waals surface area (Å²) in [7, 11) is 0. The Balaban J connectivity index is 2.47. The van der Waals surface area contributed by atoms with E-state index in [0.717, 1.165) is 6.07 Å². The van der Waals surface area contributed by atoms with E-state index in [4.69, 9.17) is 4.74 Å². The van der Waals surface area contributed by atoms with Crippen LogP contribution in [0, 0.1) is 11.6 Å². The Bertz CT molecular complexity index is 323. The zero-order chi connectivity index (χ0) is 8.72. The van der Waals surface area contributed by atoms with Crippen molar-refractivity contribution in [3.63, 3.8) is 0 Å². The molecule has 2 rings (SSSR count). The minimum absolute atomic E-state index is 0.179. The summed E-state index contributed by atoms with van der Waals surface area (Å²) < 4.78 is 30.9. The van der Waals surface area contributed by atoms with Crippen LogP contribution in [-0.4, -0.2) is 6.61 Å². The lowest BCUT2D eigenvalue weighted by Gasteiger charge is -2.00. The number of rotatable bonds is 1. The van der Waals surface area contributed by atoms with Crippen LogP contribution in [0.3, 0.4) is 0 Å². The molecule has 0 saturated carbocycles. The SMILES string of the molecule is Fc1cc(F)c([C@@H]2CO2)cc1Br. The number of ether oxygens (including phenoxy) is 1. The molecule has 1 heterocycles. The van der Waals surface area contributed by atoms with Gasteiger partial charge in [0.05, 0.1) is 11.1 Å². The van der Waals surface area contributed by atoms with Gasteiger partial charge in [0.2, 0.25) is 0 Å². The highest BCUT2D eigenvalue weighted by Gasteiger charge is 2.28. The van der Waals surface area contributed by atoms with Gasteiger partial charge < -0.3 is 4.74 Å². The topological polar surface area (TPSA) is 12.5 Å². The van der Waals surface area contributed by atoms with Crippen molar-refractivity contribution in [1.29, 1.82) is 0 Å². The molecule has 0 N–H and O–H groups in total. The van der Waals surface area contributed by atoms with Crippen molar-refractivity contribution in [1.82, 2.24) is 0 Å². The van der Waals surface area contributed by atoms with Gasteiger partial charge in [0, 0.05) is 11.6 Å². The van der Waals surface area contributed by atoms with Crippen molar-refractivity contribution in [2.75, 3.05) is 6.61 Å². The number of epoxide rings is 1. The first kappa shape index (κ1) is 8.13. The average Bonchev–Trinajstić information content (AvgIpc) is 2.79. The lowest BCUT2D eigenvalue weighted by atomic mass is 10.1. The van der Waals surface area contributed by atoms with Gasteiger partial charge in [-0.25, -0.2) is 8.78 Å². The summed E-state index contributed by atoms with van der Waals surface area (Å²) in [4.78, 5) is 0. The van der Waals surface area contributed by atoms with Crippen molar-refractivity contribution in [3.8, 4) is 0 Å². The Hall–Kier alpha value is -0.480. The molecule has 1 aromatic carbocycles. The molecule has 1 saturated heterocycles. The summed E-state index contributed by atoms with van der Waals surface area (Å²) in [6.07, 6.45) is -0.179. The molecule has 0 spiro atoms. The van der Waals surface area contributed by atoms with Crippen molar-refractivity contribution in [3.05, 3.63) is 33.8 Å². The minimum Gasteiger partial charge on any atom is -0.368 e. The van der Waals surface area contributed by atoms with E-state index in [2.05, 4.69) is 15.9 Å². The highest BCUT2D eigenvalue weighted by Crippen LogP contribution is 2.34. The number of benzene rings is 1. The Kier molecular flexibility index (Phi) is 1.88. The van der Waals surface area contributed by atoms with Crippen LogP contribution in [0.25, 0.3) is 0 Å². The van der Waals surface area contributed by atoms with E-state index in [1.54, 1.807) is 0 Å². The van der Waals surface area contributed by atoms with E-state index in [1.807, 2.05) is 0 Å². The summed E-state index contributed by atoms with van der Waals surface area (Å²) in [6, 6.07) is 2.28. The second-order valence-corrected chi connectivity index (χ2v) is 3.46. The van der Waals surface area contributed by atoms with Crippen LogP contribution in [0.5, 0.6) is 0 Å². The molecule has 0 unspecified atom stereocenters. The van der Waals surface area contributed by atoms with Gasteiger partial charge in [-0.2, -0.15) is 0 Å². The van der Waals surface area contributed by atoms with Gasteiger partial charge >= 0.3 is 0 Å². The maximum Gasteiger partial charge on any atom is 0.140 e. The third kappa shape index (κ3) is 1.36. The molecule has 0 bridgehead atoms. The number of hydrogen-bond acceptors (Lipinski definition) is 1. The minimum atomic E-state index is -0.586. The fraction of sp³-hybridized carbons (Fsp3) is 0.250. The summed E-state index contributed by atoms with van der Waals surface area (Å²) in [6.45, 7) is 0.523. The average molecular weight is 235 g/mol. The van der Waals surface area contributed by atoms with Crippen LogP contribution in [0.2, 0.25) is 0 Å². The van der Waals surface area contributed by atoms with E-state index in [1.165, 1.54) is 6.07 Å². The molecule has 1 atom stereocenters. The molecule has 0 aliphatic carbocycles. The highest BCUT2D eigenvalue weighted by molar-refractivity contribution is 9.10. The summed E-state index contributed by atoms with van der Waals surface area (Å²) in [5.41, 5.74) is 0.420. The number of hydrogen-bond donors (Lipinski definition) is 0. The highest BCUT2D eigenvalue weighted by atomic mass is 79.9. The van der Waals surface area contributed by atoms with E-state index in [-0.39, 0.29) is 10.6 Å². The molecule has 0 amide bonds. The molecule has 1 aliphatic rings. The van der Waals surface area contributed by atoms with Crippen molar-refractivity contribution in [2.24, 2.45) is 0 Å². The molecule has 0 aromatic heterocycles. The Morgan fingerprint density at radius 1 is 1.33 bits per heavy atom. The second-order valence-electron chi connectivity index (χ2n) is 2.61. The molecule has 64 valence electrons. The molecular formula is C8H5BrF2O. The molecule has 4 heteroatoms. The van der Waals surface area contributed by atoms with Gasteiger partial charge in [-0.15, -0.1) is 0 Å². The third-order valence-corrected chi connectivity index (χ3v) is 2.33. The van der Waals surface area contributed by atoms with E-state index >= 15 is 0 Å². The second kappa shape index (κ2) is 2.78. The molecule has 0 radical (unpaired) electrons. The van der Waals surface area contributed by atoms with Crippen LogP contribution >= 0.6 is 15.9 Å². The Morgan fingerprint density at radius 3 is 2.58 bits per heavy atom. The lowest BCUT2D eigenvalue weighted by molar-refractivity contribution is 0.407. The van der Waals surface area contributed by atoms with Gasteiger partial charge in [-0.3, -0.25) is 0 Å². The fourth-order valence-electron chi connectivity index (χ4n) is 1.01. The largest absolute Gasteiger partial charge is 0.368 e. The predicted molar refractivity (Wildman–Crippen MR) is 42.8 cm³/mol. The van der Waals surface area contributed by atoms with E-state index in [9.17, 15) is 8.78 Å². The normalized spacial score (nSPS) is 21.1. The monoisotopic (exact) mass is 234 g/mol. The fourth-order valence-corrected chi connectivity index (χ4v) is 1.37. The van der Waals surface area contributed by atoms with Gasteiger partial charge in [-0.1, -0.05) is 0 Å². The van der Waals surface area contributed by atoms with E-state index < -0.39 is 11.6 Å². The molecule has 1 aromatic rings. The van der Waals surface area contributed by atoms with Gasteiger partial charge in [0.1, 0.15) is 17.7 Å². The van der Waals surface area contributed by atoms with Crippen LogP contribution in [0.1, 0.15) is 11.7 Å². The van der Waals surface area contributed by atoms with Crippen molar-refractivity contribution >= 4 is 15.9 Å². The van der Waals surface area contributed by atoms with Gasteiger partial charge in [0.15, 0.2) is 0 Å². The first-order valence-electron chi connectivity index (χ1n) is 3.44. The molecule has 1 nitrogen and oxygen atoms in total. The maximum atomic E-state index is 13.0. The van der Waals surface area contributed by atoms with Crippen molar-refractivity contribution < 1.29 is 13.5 Å². The van der Waals surface area contributed by atoms with Crippen LogP contribution in [0.15, 0.2) is 16.6 Å². The Labute approximate surface area is 76.5 Å². The van der Waals surface area contributed by atoms with Crippen LogP contribution in [0.4, 0.5) is 8.78 Å². The lowest BCUT2D eigenvalue weighted by Crippen LogP contribution is -1.90. The first-order chi connectivity index (χ1) is 5.68. The summed E-state index contributed by atoms with van der Waals surface area (Å²) >= 11 is 2.98. The maximum absolute atomic E-state index is 13.0. The molecular weight excluding hydrogens is 230 g/mol. The third-order valence-electron chi connectivity index (χ3n) is 1.72. The molecule has 1 fully saturated rings. The zero-order valence-corrected chi connectivity index (χ0v) is 7.57. The molecule has 12 heavy (non-hydrogen) atoms. The standard InChI is InChI=1S/C8H5BrF2O/c9-5-1-4(8-3-12-8)6(10)2-7(5)11/h1-2,8H,3H2/t8-/m0/s1.